The molecule has 1 unspecified atom stereocenters. The Morgan fingerprint density at radius 3 is 2.75 bits per heavy atom. The Balaban J connectivity index is 2.21. The summed E-state index contributed by atoms with van der Waals surface area (Å²) in [6.45, 7) is 4.24. The summed E-state index contributed by atoms with van der Waals surface area (Å²) < 4.78 is 23.7. The van der Waals surface area contributed by atoms with Crippen molar-refractivity contribution in [3.05, 3.63) is 35.4 Å². The Bertz CT molecular complexity index is 480. The smallest absolute Gasteiger partial charge is 0.154 e. The van der Waals surface area contributed by atoms with Gasteiger partial charge in [-0.05, 0) is 25.0 Å². The number of benzene rings is 1. The molecule has 0 saturated heterocycles. The largest absolute Gasteiger partial charge is 0.305 e. The Hall–Kier alpha value is -0.870. The van der Waals surface area contributed by atoms with Crippen molar-refractivity contribution in [1.82, 2.24) is 5.32 Å². The van der Waals surface area contributed by atoms with E-state index in [4.69, 9.17) is 0 Å². The molecule has 3 nitrogen and oxygen atoms in total. The average Bonchev–Trinajstić information content (AvgIpc) is 2.61. The zero-order chi connectivity index (χ0) is 11.8. The number of nitrogens with one attached hydrogen (secondary N) is 1. The van der Waals surface area contributed by atoms with Crippen LogP contribution in [0, 0.1) is 0 Å². The van der Waals surface area contributed by atoms with Crippen molar-refractivity contribution in [2.45, 2.75) is 31.7 Å². The van der Waals surface area contributed by atoms with Gasteiger partial charge < -0.3 is 5.32 Å². The van der Waals surface area contributed by atoms with Crippen LogP contribution < -0.4 is 5.32 Å². The molecule has 1 aromatic carbocycles. The van der Waals surface area contributed by atoms with E-state index in [-0.39, 0.29) is 17.0 Å². The summed E-state index contributed by atoms with van der Waals surface area (Å²) in [5.74, 6) is 0.196. The van der Waals surface area contributed by atoms with Crippen LogP contribution in [0.15, 0.2) is 24.3 Å². The second-order valence-corrected chi connectivity index (χ2v) is 7.11. The molecule has 0 aromatic heterocycles. The maximum Gasteiger partial charge on any atom is 0.154 e. The van der Waals surface area contributed by atoms with Crippen molar-refractivity contribution in [3.63, 3.8) is 0 Å². The van der Waals surface area contributed by atoms with Crippen molar-refractivity contribution in [2.24, 2.45) is 0 Å². The second kappa shape index (κ2) is 4.18. The Labute approximate surface area is 96.8 Å². The Kier molecular flexibility index (Phi) is 3.04. The van der Waals surface area contributed by atoms with Crippen molar-refractivity contribution < 1.29 is 8.42 Å². The summed E-state index contributed by atoms with van der Waals surface area (Å²) in [6.07, 6.45) is 0. The minimum absolute atomic E-state index is 0.0383. The predicted molar refractivity (Wildman–Crippen MR) is 64.9 cm³/mol. The van der Waals surface area contributed by atoms with E-state index in [1.165, 1.54) is 5.56 Å². The Morgan fingerprint density at radius 2 is 2.06 bits per heavy atom. The van der Waals surface area contributed by atoms with Crippen LogP contribution in [0.5, 0.6) is 0 Å². The van der Waals surface area contributed by atoms with Crippen molar-refractivity contribution >= 4 is 9.84 Å². The first-order valence-electron chi connectivity index (χ1n) is 5.53. The third kappa shape index (κ3) is 2.13. The molecule has 0 spiro atoms. The maximum atomic E-state index is 11.9. The van der Waals surface area contributed by atoms with Gasteiger partial charge in [0.15, 0.2) is 9.84 Å². The summed E-state index contributed by atoms with van der Waals surface area (Å²) in [5.41, 5.74) is 2.35. The molecule has 1 N–H and O–H groups in total. The van der Waals surface area contributed by atoms with E-state index in [1.54, 1.807) is 13.8 Å². The topological polar surface area (TPSA) is 46.2 Å². The van der Waals surface area contributed by atoms with Crippen LogP contribution >= 0.6 is 0 Å². The fourth-order valence-corrected chi connectivity index (χ4v) is 3.10. The summed E-state index contributed by atoms with van der Waals surface area (Å²) in [4.78, 5) is 0. The number of sulfone groups is 1. The monoisotopic (exact) mass is 239 g/mol. The van der Waals surface area contributed by atoms with E-state index in [0.29, 0.717) is 0 Å². The fourth-order valence-electron chi connectivity index (χ4n) is 1.95. The van der Waals surface area contributed by atoms with Gasteiger partial charge in [0, 0.05) is 12.6 Å². The first-order valence-corrected chi connectivity index (χ1v) is 7.25. The molecular weight excluding hydrogens is 222 g/mol. The third-order valence-corrected chi connectivity index (χ3v) is 5.32. The van der Waals surface area contributed by atoms with E-state index in [1.807, 2.05) is 24.3 Å². The molecule has 1 aromatic rings. The lowest BCUT2D eigenvalue weighted by atomic mass is 10.1. The van der Waals surface area contributed by atoms with Crippen LogP contribution in [-0.4, -0.2) is 19.4 Å². The van der Waals surface area contributed by atoms with Gasteiger partial charge in [0.2, 0.25) is 0 Å². The van der Waals surface area contributed by atoms with Crippen LogP contribution in [0.1, 0.15) is 31.0 Å². The maximum absolute atomic E-state index is 11.9. The van der Waals surface area contributed by atoms with Crippen LogP contribution in [-0.2, 0) is 16.4 Å². The van der Waals surface area contributed by atoms with Gasteiger partial charge >= 0.3 is 0 Å². The van der Waals surface area contributed by atoms with Crippen molar-refractivity contribution in [1.29, 1.82) is 0 Å². The molecule has 16 heavy (non-hydrogen) atoms. The zero-order valence-corrected chi connectivity index (χ0v) is 10.4. The molecule has 2 rings (SSSR count). The van der Waals surface area contributed by atoms with E-state index in [0.717, 1.165) is 12.1 Å². The minimum atomic E-state index is -2.99. The zero-order valence-electron chi connectivity index (χ0n) is 9.60. The molecule has 4 heteroatoms. The van der Waals surface area contributed by atoms with Gasteiger partial charge in [-0.1, -0.05) is 24.3 Å². The first-order chi connectivity index (χ1) is 7.50. The number of fused-ring (bicyclic) bond motifs is 1. The van der Waals surface area contributed by atoms with E-state index >= 15 is 0 Å². The predicted octanol–water partition coefficient (Wildman–Crippen LogP) is 1.65. The summed E-state index contributed by atoms with van der Waals surface area (Å²) in [6, 6.07) is 7.96. The first kappa shape index (κ1) is 11.6. The van der Waals surface area contributed by atoms with Crippen LogP contribution in [0.25, 0.3) is 0 Å². The molecule has 0 aliphatic carbocycles. The van der Waals surface area contributed by atoms with E-state index in [9.17, 15) is 8.42 Å². The van der Waals surface area contributed by atoms with Gasteiger partial charge in [0.1, 0.15) is 0 Å². The summed E-state index contributed by atoms with van der Waals surface area (Å²) in [5, 5.41) is 2.95. The molecule has 0 radical (unpaired) electrons. The molecule has 0 amide bonds. The SMILES string of the molecule is CC(C)S(=O)(=O)CC1NCc2ccccc21. The van der Waals surface area contributed by atoms with Gasteiger partial charge in [-0.25, -0.2) is 8.42 Å². The van der Waals surface area contributed by atoms with Gasteiger partial charge in [-0.15, -0.1) is 0 Å². The molecule has 0 fully saturated rings. The van der Waals surface area contributed by atoms with Gasteiger partial charge in [0.05, 0.1) is 11.0 Å². The fraction of sp³-hybridized carbons (Fsp3) is 0.500. The molecule has 1 atom stereocenters. The van der Waals surface area contributed by atoms with Gasteiger partial charge in [0.25, 0.3) is 0 Å². The molecule has 88 valence electrons. The quantitative estimate of drug-likeness (QED) is 0.872. The molecule has 0 bridgehead atoms. The number of hydrogen-bond donors (Lipinski definition) is 1. The number of hydrogen-bond acceptors (Lipinski definition) is 3. The lowest BCUT2D eigenvalue weighted by Crippen LogP contribution is -2.27. The lowest BCUT2D eigenvalue weighted by Gasteiger charge is -2.14. The average molecular weight is 239 g/mol. The molecule has 0 saturated carbocycles. The summed E-state index contributed by atoms with van der Waals surface area (Å²) in [7, 11) is -2.99. The van der Waals surface area contributed by atoms with Crippen molar-refractivity contribution in [3.8, 4) is 0 Å². The highest BCUT2D eigenvalue weighted by Gasteiger charge is 2.28. The molecule has 1 aliphatic heterocycles. The van der Waals surface area contributed by atoms with Crippen LogP contribution in [0.3, 0.4) is 0 Å². The van der Waals surface area contributed by atoms with E-state index in [2.05, 4.69) is 5.32 Å². The highest BCUT2D eigenvalue weighted by molar-refractivity contribution is 7.92. The Morgan fingerprint density at radius 1 is 1.38 bits per heavy atom. The molecular formula is C12H17NO2S. The van der Waals surface area contributed by atoms with Crippen LogP contribution in [0.2, 0.25) is 0 Å². The van der Waals surface area contributed by atoms with Crippen LogP contribution in [0.4, 0.5) is 0 Å². The molecule has 1 heterocycles. The van der Waals surface area contributed by atoms with Gasteiger partial charge in [-0.3, -0.25) is 0 Å². The molecule has 1 aliphatic rings. The lowest BCUT2D eigenvalue weighted by molar-refractivity contribution is 0.564. The number of rotatable bonds is 3. The normalized spacial score (nSPS) is 20.1. The third-order valence-electron chi connectivity index (χ3n) is 3.09. The highest BCUT2D eigenvalue weighted by atomic mass is 32.2. The van der Waals surface area contributed by atoms with E-state index < -0.39 is 9.84 Å². The highest BCUT2D eigenvalue weighted by Crippen LogP contribution is 2.26. The van der Waals surface area contributed by atoms with Gasteiger partial charge in [-0.2, -0.15) is 0 Å². The standard InChI is InChI=1S/C12H17NO2S/c1-9(2)16(14,15)8-12-11-6-4-3-5-10(11)7-13-12/h3-6,9,12-13H,7-8H2,1-2H3. The second-order valence-electron chi connectivity index (χ2n) is 4.51. The van der Waals surface area contributed by atoms with Crippen molar-refractivity contribution in [2.75, 3.05) is 5.75 Å². The summed E-state index contributed by atoms with van der Waals surface area (Å²) >= 11 is 0. The minimum Gasteiger partial charge on any atom is -0.305 e.